The number of hydrogen-bond acceptors (Lipinski definition) is 4. The van der Waals surface area contributed by atoms with Gasteiger partial charge in [0.15, 0.2) is 6.10 Å². The predicted molar refractivity (Wildman–Crippen MR) is 72.2 cm³/mol. The summed E-state index contributed by atoms with van der Waals surface area (Å²) < 4.78 is 42.0. The molecule has 0 aromatic heterocycles. The van der Waals surface area contributed by atoms with E-state index in [2.05, 4.69) is 5.32 Å². The number of nitrogens with zero attached hydrogens (tertiary/aromatic N) is 1. The van der Waals surface area contributed by atoms with Crippen molar-refractivity contribution in [3.8, 4) is 0 Å². The summed E-state index contributed by atoms with van der Waals surface area (Å²) in [5, 5.41) is 13.7. The van der Waals surface area contributed by atoms with Crippen molar-refractivity contribution in [1.82, 2.24) is 0 Å². The second kappa shape index (κ2) is 7.26. The summed E-state index contributed by atoms with van der Waals surface area (Å²) in [6.07, 6.45) is -5.58. The second-order valence-electron chi connectivity index (χ2n) is 4.52. The van der Waals surface area contributed by atoms with Gasteiger partial charge in [0.05, 0.1) is 11.5 Å². The van der Waals surface area contributed by atoms with Crippen LogP contribution in [0.4, 0.5) is 24.5 Å². The number of halogens is 3. The fourth-order valence-electron chi connectivity index (χ4n) is 1.55. The van der Waals surface area contributed by atoms with E-state index in [1.54, 1.807) is 0 Å². The lowest BCUT2D eigenvalue weighted by atomic mass is 10.1. The Labute approximate surface area is 120 Å². The number of anilines is 1. The van der Waals surface area contributed by atoms with E-state index in [-0.39, 0.29) is 12.3 Å². The molecular weight excluding hydrogens is 289 g/mol. The number of alkyl halides is 3. The van der Waals surface area contributed by atoms with Gasteiger partial charge in [-0.1, -0.05) is 6.92 Å². The number of nitrogens with one attached hydrogen (secondary N) is 1. The molecule has 1 unspecified atom stereocenters. The van der Waals surface area contributed by atoms with Crippen molar-refractivity contribution in [3.05, 3.63) is 33.9 Å². The lowest BCUT2D eigenvalue weighted by Crippen LogP contribution is -2.28. The lowest BCUT2D eigenvalue weighted by molar-refractivity contribution is -0.384. The maximum Gasteiger partial charge on any atom is 0.414 e. The molecule has 0 saturated carbocycles. The van der Waals surface area contributed by atoms with Crippen molar-refractivity contribution in [2.24, 2.45) is 0 Å². The summed E-state index contributed by atoms with van der Waals surface area (Å²) in [6.45, 7) is 3.09. The largest absolute Gasteiger partial charge is 0.414 e. The lowest BCUT2D eigenvalue weighted by Gasteiger charge is -2.18. The molecule has 0 heterocycles. The summed E-state index contributed by atoms with van der Waals surface area (Å²) in [7, 11) is 0. The minimum absolute atomic E-state index is 0.185. The van der Waals surface area contributed by atoms with Crippen LogP contribution in [0.3, 0.4) is 0 Å². The van der Waals surface area contributed by atoms with E-state index in [0.717, 1.165) is 13.3 Å². The van der Waals surface area contributed by atoms with Crippen molar-refractivity contribution in [2.45, 2.75) is 39.2 Å². The molecule has 118 valence electrons. The minimum atomic E-state index is -4.46. The molecule has 0 saturated heterocycles. The number of nitro benzene ring substituents is 1. The van der Waals surface area contributed by atoms with E-state index in [1.807, 2.05) is 6.92 Å². The predicted octanol–water partition coefficient (Wildman–Crippen LogP) is 3.88. The van der Waals surface area contributed by atoms with Crippen molar-refractivity contribution in [2.75, 3.05) is 11.9 Å². The van der Waals surface area contributed by atoms with Gasteiger partial charge in [0.25, 0.3) is 5.69 Å². The Kier molecular flexibility index (Phi) is 5.95. The van der Waals surface area contributed by atoms with Gasteiger partial charge in [-0.3, -0.25) is 10.1 Å². The van der Waals surface area contributed by atoms with E-state index in [1.165, 1.54) is 18.2 Å². The topological polar surface area (TPSA) is 64.4 Å². The minimum Gasteiger partial charge on any atom is -0.385 e. The molecular formula is C13H17F3N2O3. The quantitative estimate of drug-likeness (QED) is 0.613. The summed E-state index contributed by atoms with van der Waals surface area (Å²) in [5.74, 6) is 0. The van der Waals surface area contributed by atoms with Crippen LogP contribution in [0, 0.1) is 10.1 Å². The number of benzene rings is 1. The molecule has 0 aliphatic heterocycles. The number of nitro groups is 1. The summed E-state index contributed by atoms with van der Waals surface area (Å²) in [5.41, 5.74) is 0.681. The molecule has 0 bridgehead atoms. The van der Waals surface area contributed by atoms with Crippen molar-refractivity contribution in [3.63, 3.8) is 0 Å². The van der Waals surface area contributed by atoms with Crippen molar-refractivity contribution in [1.29, 1.82) is 0 Å². The van der Waals surface area contributed by atoms with E-state index >= 15 is 0 Å². The monoisotopic (exact) mass is 306 g/mol. The zero-order chi connectivity index (χ0) is 16.0. The average molecular weight is 306 g/mol. The van der Waals surface area contributed by atoms with Crippen LogP contribution in [0.5, 0.6) is 0 Å². The van der Waals surface area contributed by atoms with Crippen LogP contribution < -0.4 is 5.32 Å². The van der Waals surface area contributed by atoms with E-state index in [0.29, 0.717) is 17.8 Å². The highest BCUT2D eigenvalue weighted by Crippen LogP contribution is 2.27. The fraction of sp³-hybridized carbons (Fsp3) is 0.538. The molecule has 21 heavy (non-hydrogen) atoms. The molecule has 0 aliphatic rings. The van der Waals surface area contributed by atoms with E-state index in [9.17, 15) is 23.3 Å². The molecule has 1 atom stereocenters. The van der Waals surface area contributed by atoms with Gasteiger partial charge in [0.1, 0.15) is 0 Å². The molecule has 0 aliphatic carbocycles. The van der Waals surface area contributed by atoms with Gasteiger partial charge in [0, 0.05) is 29.9 Å². The first kappa shape index (κ1) is 17.2. The standard InChI is InChI=1S/C13H17F3N2O3/c1-3-6-17-12-5-4-11(18(19)20)7-10(12)8-21-9(2)13(14,15)16/h4-5,7,9,17H,3,6,8H2,1-2H3. The maximum atomic E-state index is 12.4. The third-order valence-corrected chi connectivity index (χ3v) is 2.81. The maximum absolute atomic E-state index is 12.4. The van der Waals surface area contributed by atoms with E-state index in [4.69, 9.17) is 4.74 Å². The first-order valence-corrected chi connectivity index (χ1v) is 6.45. The number of hydrogen-bond donors (Lipinski definition) is 1. The Hall–Kier alpha value is -1.83. The van der Waals surface area contributed by atoms with Crippen LogP contribution in [0.1, 0.15) is 25.8 Å². The van der Waals surface area contributed by atoms with Crippen LogP contribution in [0.25, 0.3) is 0 Å². The average Bonchev–Trinajstić information content (AvgIpc) is 2.41. The fourth-order valence-corrected chi connectivity index (χ4v) is 1.55. The first-order valence-electron chi connectivity index (χ1n) is 6.45. The van der Waals surface area contributed by atoms with Crippen LogP contribution in [-0.2, 0) is 11.3 Å². The Morgan fingerprint density at radius 1 is 1.43 bits per heavy atom. The molecule has 0 radical (unpaired) electrons. The second-order valence-corrected chi connectivity index (χ2v) is 4.52. The third-order valence-electron chi connectivity index (χ3n) is 2.81. The van der Waals surface area contributed by atoms with E-state index < -0.39 is 17.2 Å². The molecule has 5 nitrogen and oxygen atoms in total. The SMILES string of the molecule is CCCNc1ccc([N+](=O)[O-])cc1COC(C)C(F)(F)F. The van der Waals surface area contributed by atoms with Crippen LogP contribution in [0.2, 0.25) is 0 Å². The van der Waals surface area contributed by atoms with Crippen LogP contribution in [-0.4, -0.2) is 23.7 Å². The van der Waals surface area contributed by atoms with Gasteiger partial charge in [-0.2, -0.15) is 13.2 Å². The number of ether oxygens (including phenoxy) is 1. The summed E-state index contributed by atoms with van der Waals surface area (Å²) in [4.78, 5) is 10.1. The summed E-state index contributed by atoms with van der Waals surface area (Å²) in [6, 6.07) is 4.00. The Morgan fingerprint density at radius 2 is 2.10 bits per heavy atom. The normalized spacial score (nSPS) is 13.0. The summed E-state index contributed by atoms with van der Waals surface area (Å²) >= 11 is 0. The highest BCUT2D eigenvalue weighted by molar-refractivity contribution is 5.55. The molecule has 8 heteroatoms. The molecule has 0 amide bonds. The van der Waals surface area contributed by atoms with Crippen molar-refractivity contribution < 1.29 is 22.8 Å². The molecule has 1 aromatic rings. The van der Waals surface area contributed by atoms with Gasteiger partial charge < -0.3 is 10.1 Å². The first-order chi connectivity index (χ1) is 9.75. The molecule has 0 spiro atoms. The van der Waals surface area contributed by atoms with Gasteiger partial charge in [-0.15, -0.1) is 0 Å². The zero-order valence-corrected chi connectivity index (χ0v) is 11.7. The van der Waals surface area contributed by atoms with Crippen LogP contribution in [0.15, 0.2) is 18.2 Å². The number of non-ortho nitro benzene ring substituents is 1. The van der Waals surface area contributed by atoms with Gasteiger partial charge in [-0.05, 0) is 19.4 Å². The Balaban J connectivity index is 2.89. The van der Waals surface area contributed by atoms with Crippen LogP contribution >= 0.6 is 0 Å². The smallest absolute Gasteiger partial charge is 0.385 e. The van der Waals surface area contributed by atoms with Gasteiger partial charge >= 0.3 is 6.18 Å². The molecule has 1 N–H and O–H groups in total. The Bertz CT molecular complexity index is 492. The highest BCUT2D eigenvalue weighted by Gasteiger charge is 2.37. The van der Waals surface area contributed by atoms with Gasteiger partial charge in [0.2, 0.25) is 0 Å². The Morgan fingerprint density at radius 3 is 2.62 bits per heavy atom. The van der Waals surface area contributed by atoms with Gasteiger partial charge in [-0.25, -0.2) is 0 Å². The highest BCUT2D eigenvalue weighted by atomic mass is 19.4. The molecule has 1 rings (SSSR count). The zero-order valence-electron chi connectivity index (χ0n) is 11.7. The number of rotatable bonds is 7. The molecule has 1 aromatic carbocycles. The van der Waals surface area contributed by atoms with Crippen molar-refractivity contribution >= 4 is 11.4 Å². The third kappa shape index (κ3) is 5.22. The molecule has 0 fully saturated rings.